The molecule has 0 saturated heterocycles. The Morgan fingerprint density at radius 3 is 2.44 bits per heavy atom. The van der Waals surface area contributed by atoms with Crippen LogP contribution >= 0.6 is 0 Å². The first-order valence-electron chi connectivity index (χ1n) is 8.28. The fourth-order valence-electron chi connectivity index (χ4n) is 2.48. The molecule has 1 aromatic heterocycles. The van der Waals surface area contributed by atoms with E-state index in [1.807, 2.05) is 13.0 Å². The van der Waals surface area contributed by atoms with Gasteiger partial charge < -0.3 is 5.32 Å². The summed E-state index contributed by atoms with van der Waals surface area (Å²) in [6.07, 6.45) is 1.47. The van der Waals surface area contributed by atoms with Gasteiger partial charge in [0.1, 0.15) is 18.0 Å². The van der Waals surface area contributed by atoms with Crippen LogP contribution in [0.25, 0.3) is 0 Å². The number of aromatic nitrogens is 2. The maximum Gasteiger partial charge on any atom is 0.240 e. The van der Waals surface area contributed by atoms with Crippen LogP contribution in [0.15, 0.2) is 65.8 Å². The van der Waals surface area contributed by atoms with Gasteiger partial charge in [-0.2, -0.15) is 0 Å². The highest BCUT2D eigenvalue weighted by atomic mass is 32.2. The maximum absolute atomic E-state index is 13.2. The number of benzene rings is 2. The number of halogens is 1. The Kier molecular flexibility index (Phi) is 5.78. The molecule has 3 rings (SSSR count). The summed E-state index contributed by atoms with van der Waals surface area (Å²) >= 11 is 0. The van der Waals surface area contributed by atoms with Gasteiger partial charge in [0.15, 0.2) is 0 Å². The molecule has 3 aromatic rings. The lowest BCUT2D eigenvalue weighted by atomic mass is 10.2. The summed E-state index contributed by atoms with van der Waals surface area (Å²) in [5.74, 6) is 0.264. The molecule has 140 valence electrons. The number of nitrogens with zero attached hydrogens (tertiary/aromatic N) is 2. The Morgan fingerprint density at radius 1 is 0.963 bits per heavy atom. The molecule has 0 fully saturated rings. The van der Waals surface area contributed by atoms with Crippen LogP contribution in [0.2, 0.25) is 0 Å². The second-order valence-electron chi connectivity index (χ2n) is 6.00. The summed E-state index contributed by atoms with van der Waals surface area (Å²) in [4.78, 5) is 8.29. The van der Waals surface area contributed by atoms with Crippen LogP contribution < -0.4 is 10.0 Å². The quantitative estimate of drug-likeness (QED) is 0.652. The van der Waals surface area contributed by atoms with E-state index in [9.17, 15) is 12.8 Å². The van der Waals surface area contributed by atoms with E-state index in [1.165, 1.54) is 24.5 Å². The molecule has 1 heterocycles. The fraction of sp³-hybridized carbons (Fsp3) is 0.158. The molecule has 2 N–H and O–H groups in total. The predicted molar refractivity (Wildman–Crippen MR) is 101 cm³/mol. The summed E-state index contributed by atoms with van der Waals surface area (Å²) in [5.41, 5.74) is 2.18. The monoisotopic (exact) mass is 386 g/mol. The predicted octanol–water partition coefficient (Wildman–Crippen LogP) is 3.01. The van der Waals surface area contributed by atoms with Crippen LogP contribution in [-0.4, -0.2) is 18.4 Å². The maximum atomic E-state index is 13.2. The molecule has 0 aliphatic carbocycles. The molecular formula is C19H19FN4O2S. The Morgan fingerprint density at radius 2 is 1.70 bits per heavy atom. The van der Waals surface area contributed by atoms with Crippen molar-refractivity contribution in [3.05, 3.63) is 83.6 Å². The first kappa shape index (κ1) is 18.9. The molecular weight excluding hydrogens is 367 g/mol. The van der Waals surface area contributed by atoms with E-state index in [4.69, 9.17) is 0 Å². The lowest BCUT2D eigenvalue weighted by Crippen LogP contribution is -2.23. The van der Waals surface area contributed by atoms with Crippen molar-refractivity contribution in [2.24, 2.45) is 0 Å². The number of hydrogen-bond donors (Lipinski definition) is 2. The topological polar surface area (TPSA) is 84.0 Å². The van der Waals surface area contributed by atoms with E-state index in [0.29, 0.717) is 17.9 Å². The highest BCUT2D eigenvalue weighted by Crippen LogP contribution is 2.14. The highest BCUT2D eigenvalue weighted by molar-refractivity contribution is 7.89. The van der Waals surface area contributed by atoms with E-state index >= 15 is 0 Å². The first-order valence-corrected chi connectivity index (χ1v) is 9.76. The lowest BCUT2D eigenvalue weighted by Gasteiger charge is -2.10. The van der Waals surface area contributed by atoms with Gasteiger partial charge in [-0.1, -0.05) is 24.3 Å². The van der Waals surface area contributed by atoms with Crippen LogP contribution in [0.3, 0.4) is 0 Å². The minimum atomic E-state index is -3.71. The summed E-state index contributed by atoms with van der Waals surface area (Å²) < 4.78 is 40.7. The van der Waals surface area contributed by atoms with Crippen molar-refractivity contribution in [1.29, 1.82) is 0 Å². The zero-order valence-electron chi connectivity index (χ0n) is 14.7. The van der Waals surface area contributed by atoms with Crippen molar-refractivity contribution in [3.63, 3.8) is 0 Å². The van der Waals surface area contributed by atoms with Gasteiger partial charge in [-0.3, -0.25) is 0 Å². The summed E-state index contributed by atoms with van der Waals surface area (Å²) in [5, 5.41) is 3.14. The molecule has 6 nitrogen and oxygen atoms in total. The number of sulfonamides is 1. The molecule has 0 aliphatic heterocycles. The normalized spacial score (nSPS) is 11.3. The van der Waals surface area contributed by atoms with Crippen LogP contribution in [0.5, 0.6) is 0 Å². The Labute approximate surface area is 157 Å². The number of aryl methyl sites for hydroxylation is 1. The molecule has 0 bridgehead atoms. The minimum Gasteiger partial charge on any atom is -0.366 e. The SMILES string of the molecule is Cc1cc(NCc2cccc(S(=O)(=O)NCc3cccc(F)c3)c2)ncn1. The van der Waals surface area contributed by atoms with Gasteiger partial charge in [-0.25, -0.2) is 27.5 Å². The van der Waals surface area contributed by atoms with Crippen LogP contribution in [0.4, 0.5) is 10.2 Å². The molecule has 0 atom stereocenters. The third-order valence-electron chi connectivity index (χ3n) is 3.84. The van der Waals surface area contributed by atoms with Gasteiger partial charge >= 0.3 is 0 Å². The fourth-order valence-corrected chi connectivity index (χ4v) is 3.56. The Bertz CT molecular complexity index is 1040. The third kappa shape index (κ3) is 5.32. The minimum absolute atomic E-state index is 0.0166. The number of anilines is 1. The molecule has 0 amide bonds. The van der Waals surface area contributed by atoms with Gasteiger partial charge in [-0.05, 0) is 42.3 Å². The van der Waals surface area contributed by atoms with E-state index in [-0.39, 0.29) is 11.4 Å². The highest BCUT2D eigenvalue weighted by Gasteiger charge is 2.14. The second kappa shape index (κ2) is 8.24. The van der Waals surface area contributed by atoms with Crippen molar-refractivity contribution in [3.8, 4) is 0 Å². The summed E-state index contributed by atoms with van der Waals surface area (Å²) in [6, 6.07) is 14.2. The van der Waals surface area contributed by atoms with Crippen LogP contribution in [0, 0.1) is 12.7 Å². The summed E-state index contributed by atoms with van der Waals surface area (Å²) in [7, 11) is -3.71. The molecule has 27 heavy (non-hydrogen) atoms. The number of rotatable bonds is 7. The van der Waals surface area contributed by atoms with Crippen molar-refractivity contribution < 1.29 is 12.8 Å². The second-order valence-corrected chi connectivity index (χ2v) is 7.77. The van der Waals surface area contributed by atoms with Gasteiger partial charge in [-0.15, -0.1) is 0 Å². The molecule has 0 spiro atoms. The zero-order chi connectivity index (χ0) is 19.3. The summed E-state index contributed by atoms with van der Waals surface area (Å²) in [6.45, 7) is 2.30. The smallest absolute Gasteiger partial charge is 0.240 e. The first-order chi connectivity index (χ1) is 12.9. The lowest BCUT2D eigenvalue weighted by molar-refractivity contribution is 0.580. The molecule has 0 unspecified atom stereocenters. The van der Waals surface area contributed by atoms with E-state index in [2.05, 4.69) is 20.0 Å². The van der Waals surface area contributed by atoms with Crippen molar-refractivity contribution in [2.45, 2.75) is 24.9 Å². The van der Waals surface area contributed by atoms with Gasteiger partial charge in [0, 0.05) is 24.8 Å². The van der Waals surface area contributed by atoms with Crippen molar-refractivity contribution in [2.75, 3.05) is 5.32 Å². The van der Waals surface area contributed by atoms with Crippen molar-refractivity contribution in [1.82, 2.24) is 14.7 Å². The van der Waals surface area contributed by atoms with E-state index < -0.39 is 15.8 Å². The van der Waals surface area contributed by atoms with Crippen LogP contribution in [0.1, 0.15) is 16.8 Å². The van der Waals surface area contributed by atoms with Gasteiger partial charge in [0.05, 0.1) is 4.90 Å². The molecule has 8 heteroatoms. The largest absolute Gasteiger partial charge is 0.366 e. The molecule has 2 aromatic carbocycles. The Balaban J connectivity index is 1.68. The van der Waals surface area contributed by atoms with E-state index in [0.717, 1.165) is 11.3 Å². The number of nitrogens with one attached hydrogen (secondary N) is 2. The molecule has 0 radical (unpaired) electrons. The van der Waals surface area contributed by atoms with Crippen LogP contribution in [-0.2, 0) is 23.1 Å². The standard InChI is InChI=1S/C19H19FN4O2S/c1-14-8-19(23-13-22-14)21-11-16-5-3-7-18(10-16)27(25,26)24-12-15-4-2-6-17(20)9-15/h2-10,13,24H,11-12H2,1H3,(H,21,22,23). The average Bonchev–Trinajstić information content (AvgIpc) is 2.65. The third-order valence-corrected chi connectivity index (χ3v) is 5.24. The zero-order valence-corrected chi connectivity index (χ0v) is 15.5. The Hall–Kier alpha value is -2.84. The van der Waals surface area contributed by atoms with Gasteiger partial charge in [0.25, 0.3) is 0 Å². The van der Waals surface area contributed by atoms with E-state index in [1.54, 1.807) is 30.3 Å². The molecule has 0 saturated carbocycles. The van der Waals surface area contributed by atoms with Gasteiger partial charge in [0.2, 0.25) is 10.0 Å². The average molecular weight is 386 g/mol. The number of hydrogen-bond acceptors (Lipinski definition) is 5. The molecule has 0 aliphatic rings. The van der Waals surface area contributed by atoms with Crippen molar-refractivity contribution >= 4 is 15.8 Å².